The SMILES string of the molecule is O=C(O)N[C@@H]1CCCN(Cc2ccccc2)C1. The van der Waals surface area contributed by atoms with E-state index in [-0.39, 0.29) is 6.04 Å². The molecular formula is C13H18N2O2. The topological polar surface area (TPSA) is 52.6 Å². The second-order valence-electron chi connectivity index (χ2n) is 4.51. The highest BCUT2D eigenvalue weighted by atomic mass is 16.4. The molecule has 1 fully saturated rings. The molecular weight excluding hydrogens is 216 g/mol. The fraction of sp³-hybridized carbons (Fsp3) is 0.462. The molecule has 17 heavy (non-hydrogen) atoms. The molecule has 0 bridgehead atoms. The smallest absolute Gasteiger partial charge is 0.404 e. The second kappa shape index (κ2) is 5.68. The quantitative estimate of drug-likeness (QED) is 0.840. The van der Waals surface area contributed by atoms with E-state index in [1.807, 2.05) is 18.2 Å². The van der Waals surface area contributed by atoms with Gasteiger partial charge in [0, 0.05) is 19.1 Å². The van der Waals surface area contributed by atoms with E-state index >= 15 is 0 Å². The molecule has 1 amide bonds. The number of piperidine rings is 1. The number of rotatable bonds is 3. The average molecular weight is 234 g/mol. The predicted molar refractivity (Wildman–Crippen MR) is 65.9 cm³/mol. The van der Waals surface area contributed by atoms with Crippen LogP contribution in [0.5, 0.6) is 0 Å². The zero-order valence-corrected chi connectivity index (χ0v) is 9.80. The summed E-state index contributed by atoms with van der Waals surface area (Å²) in [6.45, 7) is 2.76. The van der Waals surface area contributed by atoms with Gasteiger partial charge in [0.05, 0.1) is 0 Å². The molecule has 0 aromatic heterocycles. The molecule has 1 aliphatic rings. The minimum Gasteiger partial charge on any atom is -0.465 e. The van der Waals surface area contributed by atoms with E-state index in [1.54, 1.807) is 0 Å². The fourth-order valence-electron chi connectivity index (χ4n) is 2.33. The molecule has 0 saturated carbocycles. The molecule has 1 aliphatic heterocycles. The van der Waals surface area contributed by atoms with E-state index in [9.17, 15) is 4.79 Å². The van der Waals surface area contributed by atoms with Gasteiger partial charge in [0.15, 0.2) is 0 Å². The summed E-state index contributed by atoms with van der Waals surface area (Å²) < 4.78 is 0. The van der Waals surface area contributed by atoms with Crippen molar-refractivity contribution in [2.45, 2.75) is 25.4 Å². The third-order valence-electron chi connectivity index (χ3n) is 3.08. The molecule has 4 heteroatoms. The standard InChI is InChI=1S/C13H18N2O2/c16-13(17)14-12-7-4-8-15(10-12)9-11-5-2-1-3-6-11/h1-3,5-6,12,14H,4,7-10H2,(H,16,17)/t12-/m1/s1. The highest BCUT2D eigenvalue weighted by molar-refractivity contribution is 5.64. The summed E-state index contributed by atoms with van der Waals surface area (Å²) in [6, 6.07) is 10.4. The van der Waals surface area contributed by atoms with Gasteiger partial charge in [0.1, 0.15) is 0 Å². The molecule has 0 radical (unpaired) electrons. The number of nitrogens with one attached hydrogen (secondary N) is 1. The molecule has 2 rings (SSSR count). The van der Waals surface area contributed by atoms with Gasteiger partial charge in [-0.1, -0.05) is 30.3 Å². The first-order valence-corrected chi connectivity index (χ1v) is 6.00. The zero-order chi connectivity index (χ0) is 12.1. The predicted octanol–water partition coefficient (Wildman–Crippen LogP) is 1.92. The van der Waals surface area contributed by atoms with Gasteiger partial charge in [-0.2, -0.15) is 0 Å². The van der Waals surface area contributed by atoms with Crippen LogP contribution in [0.3, 0.4) is 0 Å². The van der Waals surface area contributed by atoms with E-state index < -0.39 is 6.09 Å². The van der Waals surface area contributed by atoms with Crippen LogP contribution in [0.1, 0.15) is 18.4 Å². The molecule has 0 spiro atoms. The van der Waals surface area contributed by atoms with Crippen LogP contribution in [0.15, 0.2) is 30.3 Å². The van der Waals surface area contributed by atoms with Gasteiger partial charge in [-0.3, -0.25) is 4.90 Å². The Morgan fingerprint density at radius 3 is 2.88 bits per heavy atom. The number of amides is 1. The lowest BCUT2D eigenvalue weighted by Gasteiger charge is -2.32. The zero-order valence-electron chi connectivity index (χ0n) is 9.80. The maximum absolute atomic E-state index is 10.6. The Morgan fingerprint density at radius 1 is 1.41 bits per heavy atom. The molecule has 2 N–H and O–H groups in total. The Bertz CT molecular complexity index is 367. The normalized spacial score (nSPS) is 21.1. The Hall–Kier alpha value is -1.55. The third-order valence-corrected chi connectivity index (χ3v) is 3.08. The van der Waals surface area contributed by atoms with E-state index in [0.717, 1.165) is 32.5 Å². The Balaban J connectivity index is 1.87. The molecule has 1 heterocycles. The first-order valence-electron chi connectivity index (χ1n) is 6.00. The number of hydrogen-bond acceptors (Lipinski definition) is 2. The Morgan fingerprint density at radius 2 is 2.18 bits per heavy atom. The molecule has 1 aromatic carbocycles. The van der Waals surface area contributed by atoms with Gasteiger partial charge in [-0.25, -0.2) is 4.79 Å². The Kier molecular flexibility index (Phi) is 3.98. The monoisotopic (exact) mass is 234 g/mol. The van der Waals surface area contributed by atoms with Gasteiger partial charge >= 0.3 is 6.09 Å². The minimum atomic E-state index is -0.920. The highest BCUT2D eigenvalue weighted by Crippen LogP contribution is 2.13. The van der Waals surface area contributed by atoms with Crippen molar-refractivity contribution in [3.05, 3.63) is 35.9 Å². The van der Waals surface area contributed by atoms with Crippen molar-refractivity contribution in [2.75, 3.05) is 13.1 Å². The molecule has 1 aromatic rings. The number of carboxylic acid groups (broad SMARTS) is 1. The first kappa shape index (κ1) is 11.9. The maximum atomic E-state index is 10.6. The number of benzene rings is 1. The first-order chi connectivity index (χ1) is 8.24. The summed E-state index contributed by atoms with van der Waals surface area (Å²) in [5, 5.41) is 11.3. The summed E-state index contributed by atoms with van der Waals surface area (Å²) >= 11 is 0. The molecule has 0 unspecified atom stereocenters. The van der Waals surface area contributed by atoms with Crippen LogP contribution in [0.2, 0.25) is 0 Å². The fourth-order valence-corrected chi connectivity index (χ4v) is 2.33. The van der Waals surface area contributed by atoms with Crippen molar-refractivity contribution in [2.24, 2.45) is 0 Å². The molecule has 0 aliphatic carbocycles. The van der Waals surface area contributed by atoms with Crippen LogP contribution in [-0.2, 0) is 6.54 Å². The molecule has 92 valence electrons. The number of carbonyl (C=O) groups is 1. The maximum Gasteiger partial charge on any atom is 0.404 e. The second-order valence-corrected chi connectivity index (χ2v) is 4.51. The van der Waals surface area contributed by atoms with Crippen LogP contribution in [0.25, 0.3) is 0 Å². The third kappa shape index (κ3) is 3.75. The van der Waals surface area contributed by atoms with Crippen molar-refractivity contribution >= 4 is 6.09 Å². The van der Waals surface area contributed by atoms with Crippen LogP contribution in [0.4, 0.5) is 4.79 Å². The number of likely N-dealkylation sites (tertiary alicyclic amines) is 1. The van der Waals surface area contributed by atoms with Crippen LogP contribution >= 0.6 is 0 Å². The van der Waals surface area contributed by atoms with E-state index in [2.05, 4.69) is 22.3 Å². The summed E-state index contributed by atoms with van der Waals surface area (Å²) in [4.78, 5) is 12.9. The van der Waals surface area contributed by atoms with Crippen LogP contribution in [0, 0.1) is 0 Å². The van der Waals surface area contributed by atoms with Crippen molar-refractivity contribution in [1.82, 2.24) is 10.2 Å². The van der Waals surface area contributed by atoms with Crippen molar-refractivity contribution in [3.63, 3.8) is 0 Å². The van der Waals surface area contributed by atoms with Crippen molar-refractivity contribution in [1.29, 1.82) is 0 Å². The lowest BCUT2D eigenvalue weighted by Crippen LogP contribution is -2.46. The van der Waals surface area contributed by atoms with Crippen LogP contribution < -0.4 is 5.32 Å². The number of nitrogens with zero attached hydrogens (tertiary/aromatic N) is 1. The van der Waals surface area contributed by atoms with Gasteiger partial charge in [-0.05, 0) is 24.9 Å². The van der Waals surface area contributed by atoms with Crippen molar-refractivity contribution < 1.29 is 9.90 Å². The van der Waals surface area contributed by atoms with Gasteiger partial charge in [0.25, 0.3) is 0 Å². The van der Waals surface area contributed by atoms with Crippen molar-refractivity contribution in [3.8, 4) is 0 Å². The number of hydrogen-bond donors (Lipinski definition) is 2. The van der Waals surface area contributed by atoms with Crippen LogP contribution in [-0.4, -0.2) is 35.2 Å². The lowest BCUT2D eigenvalue weighted by molar-refractivity contribution is 0.160. The molecule has 4 nitrogen and oxygen atoms in total. The molecule has 1 saturated heterocycles. The summed E-state index contributed by atoms with van der Waals surface area (Å²) in [5.74, 6) is 0. The lowest BCUT2D eigenvalue weighted by atomic mass is 10.1. The van der Waals surface area contributed by atoms with E-state index in [4.69, 9.17) is 5.11 Å². The van der Waals surface area contributed by atoms with Gasteiger partial charge < -0.3 is 10.4 Å². The van der Waals surface area contributed by atoms with Gasteiger partial charge in [-0.15, -0.1) is 0 Å². The average Bonchev–Trinajstić information content (AvgIpc) is 2.30. The van der Waals surface area contributed by atoms with E-state index in [0.29, 0.717) is 0 Å². The molecule has 1 atom stereocenters. The summed E-state index contributed by atoms with van der Waals surface area (Å²) in [5.41, 5.74) is 1.28. The largest absolute Gasteiger partial charge is 0.465 e. The minimum absolute atomic E-state index is 0.0740. The Labute approximate surface area is 101 Å². The highest BCUT2D eigenvalue weighted by Gasteiger charge is 2.20. The van der Waals surface area contributed by atoms with E-state index in [1.165, 1.54) is 5.56 Å². The summed E-state index contributed by atoms with van der Waals surface area (Å²) in [6.07, 6.45) is 1.08. The summed E-state index contributed by atoms with van der Waals surface area (Å²) in [7, 11) is 0. The van der Waals surface area contributed by atoms with Gasteiger partial charge in [0.2, 0.25) is 0 Å².